The fourth-order valence-corrected chi connectivity index (χ4v) is 2.32. The van der Waals surface area contributed by atoms with E-state index in [9.17, 15) is 4.79 Å². The van der Waals surface area contributed by atoms with Crippen LogP contribution in [0.2, 0.25) is 0 Å². The van der Waals surface area contributed by atoms with E-state index in [0.717, 1.165) is 4.47 Å². The van der Waals surface area contributed by atoms with Crippen LogP contribution in [0.25, 0.3) is 0 Å². The fourth-order valence-electron chi connectivity index (χ4n) is 1.78. The molecule has 1 amide bonds. The molecular formula is C12H14BrNO3. The molecule has 4 nitrogen and oxygen atoms in total. The standard InChI is InChI=1S/C12H14BrNO3/c1-17-11-3-2-7(4-10(11)13)12(16)14-8-5-9(15)6-8/h2-4,8-9,15H,5-6H2,1H3,(H,14,16). The van der Waals surface area contributed by atoms with Crippen molar-refractivity contribution >= 4 is 21.8 Å². The second-order valence-electron chi connectivity index (χ2n) is 4.14. The molecule has 0 bridgehead atoms. The normalized spacial score (nSPS) is 22.8. The van der Waals surface area contributed by atoms with Gasteiger partial charge in [0.05, 0.1) is 17.7 Å². The molecule has 17 heavy (non-hydrogen) atoms. The first-order valence-corrected chi connectivity index (χ1v) is 6.22. The molecule has 92 valence electrons. The zero-order valence-corrected chi connectivity index (χ0v) is 11.0. The van der Waals surface area contributed by atoms with E-state index in [1.165, 1.54) is 0 Å². The van der Waals surface area contributed by atoms with Gasteiger partial charge in [-0.15, -0.1) is 0 Å². The van der Waals surface area contributed by atoms with Gasteiger partial charge in [0, 0.05) is 11.6 Å². The van der Waals surface area contributed by atoms with E-state index >= 15 is 0 Å². The van der Waals surface area contributed by atoms with Crippen LogP contribution in [0.4, 0.5) is 0 Å². The molecule has 1 saturated carbocycles. The maximum atomic E-state index is 11.9. The van der Waals surface area contributed by atoms with Crippen LogP contribution < -0.4 is 10.1 Å². The van der Waals surface area contributed by atoms with Gasteiger partial charge in [0.15, 0.2) is 0 Å². The summed E-state index contributed by atoms with van der Waals surface area (Å²) in [6, 6.07) is 5.28. The highest BCUT2D eigenvalue weighted by Crippen LogP contribution is 2.26. The predicted octanol–water partition coefficient (Wildman–Crippen LogP) is 1.71. The topological polar surface area (TPSA) is 58.6 Å². The minimum absolute atomic E-state index is 0.0957. The molecule has 0 atom stereocenters. The molecule has 0 heterocycles. The second kappa shape index (κ2) is 5.06. The van der Waals surface area contributed by atoms with Crippen molar-refractivity contribution in [3.63, 3.8) is 0 Å². The van der Waals surface area contributed by atoms with Crippen LogP contribution in [0.15, 0.2) is 22.7 Å². The Morgan fingerprint density at radius 2 is 2.24 bits per heavy atom. The highest BCUT2D eigenvalue weighted by molar-refractivity contribution is 9.10. The summed E-state index contributed by atoms with van der Waals surface area (Å²) in [5.41, 5.74) is 0.582. The zero-order valence-electron chi connectivity index (χ0n) is 9.44. The Hall–Kier alpha value is -1.07. The summed E-state index contributed by atoms with van der Waals surface area (Å²) >= 11 is 3.34. The molecule has 1 aliphatic carbocycles. The quantitative estimate of drug-likeness (QED) is 0.893. The average Bonchev–Trinajstić information content (AvgIpc) is 2.26. The third-order valence-electron chi connectivity index (χ3n) is 2.86. The molecule has 5 heteroatoms. The molecule has 0 unspecified atom stereocenters. The summed E-state index contributed by atoms with van der Waals surface area (Å²) < 4.78 is 5.85. The van der Waals surface area contributed by atoms with Crippen molar-refractivity contribution in [1.82, 2.24) is 5.32 Å². The number of hydrogen-bond donors (Lipinski definition) is 2. The van der Waals surface area contributed by atoms with Crippen LogP contribution in [-0.4, -0.2) is 30.3 Å². The van der Waals surface area contributed by atoms with Crippen LogP contribution in [-0.2, 0) is 0 Å². The average molecular weight is 300 g/mol. The molecule has 1 aromatic carbocycles. The number of ether oxygens (including phenoxy) is 1. The van der Waals surface area contributed by atoms with Crippen molar-refractivity contribution in [1.29, 1.82) is 0 Å². The summed E-state index contributed by atoms with van der Waals surface area (Å²) in [4.78, 5) is 11.9. The van der Waals surface area contributed by atoms with Gasteiger partial charge in [-0.3, -0.25) is 4.79 Å². The summed E-state index contributed by atoms with van der Waals surface area (Å²) in [6.45, 7) is 0. The highest BCUT2D eigenvalue weighted by atomic mass is 79.9. The lowest BCUT2D eigenvalue weighted by Gasteiger charge is -2.31. The molecule has 0 saturated heterocycles. The number of benzene rings is 1. The number of aliphatic hydroxyl groups is 1. The lowest BCUT2D eigenvalue weighted by atomic mass is 9.89. The van der Waals surface area contributed by atoms with E-state index in [1.54, 1.807) is 25.3 Å². The van der Waals surface area contributed by atoms with Crippen LogP contribution in [0, 0.1) is 0 Å². The van der Waals surface area contributed by atoms with Crippen molar-refractivity contribution in [2.45, 2.75) is 25.0 Å². The molecular weight excluding hydrogens is 286 g/mol. The third-order valence-corrected chi connectivity index (χ3v) is 3.48. The summed E-state index contributed by atoms with van der Waals surface area (Å²) in [5.74, 6) is 0.575. The van der Waals surface area contributed by atoms with Crippen LogP contribution >= 0.6 is 15.9 Å². The molecule has 0 radical (unpaired) electrons. The smallest absolute Gasteiger partial charge is 0.251 e. The van der Waals surface area contributed by atoms with E-state index in [4.69, 9.17) is 9.84 Å². The Morgan fingerprint density at radius 3 is 2.76 bits per heavy atom. The maximum absolute atomic E-state index is 11.9. The Labute approximate surface area is 108 Å². The van der Waals surface area contributed by atoms with Gasteiger partial charge in [-0.1, -0.05) is 0 Å². The van der Waals surface area contributed by atoms with E-state index in [1.807, 2.05) is 0 Å². The van der Waals surface area contributed by atoms with Gasteiger partial charge in [-0.25, -0.2) is 0 Å². The van der Waals surface area contributed by atoms with Gasteiger partial charge in [0.25, 0.3) is 5.91 Å². The zero-order chi connectivity index (χ0) is 12.4. The van der Waals surface area contributed by atoms with Crippen LogP contribution in [0.1, 0.15) is 23.2 Å². The highest BCUT2D eigenvalue weighted by Gasteiger charge is 2.28. The van der Waals surface area contributed by atoms with Gasteiger partial charge in [-0.05, 0) is 47.0 Å². The van der Waals surface area contributed by atoms with Crippen LogP contribution in [0.5, 0.6) is 5.75 Å². The lowest BCUT2D eigenvalue weighted by molar-refractivity contribution is 0.0562. The molecule has 0 aliphatic heterocycles. The van der Waals surface area contributed by atoms with Crippen molar-refractivity contribution in [3.8, 4) is 5.75 Å². The van der Waals surface area contributed by atoms with Gasteiger partial charge < -0.3 is 15.2 Å². The van der Waals surface area contributed by atoms with Gasteiger partial charge in [0.2, 0.25) is 0 Å². The van der Waals surface area contributed by atoms with Crippen molar-refractivity contribution in [2.75, 3.05) is 7.11 Å². The largest absolute Gasteiger partial charge is 0.496 e. The monoisotopic (exact) mass is 299 g/mol. The Balaban J connectivity index is 2.01. The first-order chi connectivity index (χ1) is 8.10. The van der Waals surface area contributed by atoms with Crippen molar-refractivity contribution in [2.24, 2.45) is 0 Å². The predicted molar refractivity (Wildman–Crippen MR) is 67.2 cm³/mol. The Bertz CT molecular complexity index is 430. The molecule has 1 aliphatic rings. The summed E-state index contributed by atoms with van der Waals surface area (Å²) in [5, 5.41) is 12.0. The number of methoxy groups -OCH3 is 1. The summed E-state index contributed by atoms with van der Waals surface area (Å²) in [6.07, 6.45) is 1.02. The number of rotatable bonds is 3. The number of nitrogens with one attached hydrogen (secondary N) is 1. The van der Waals surface area contributed by atoms with Crippen molar-refractivity contribution in [3.05, 3.63) is 28.2 Å². The van der Waals surface area contributed by atoms with Gasteiger partial charge >= 0.3 is 0 Å². The molecule has 2 N–H and O–H groups in total. The maximum Gasteiger partial charge on any atom is 0.251 e. The number of aliphatic hydroxyl groups excluding tert-OH is 1. The Morgan fingerprint density at radius 1 is 1.53 bits per heavy atom. The van der Waals surface area contributed by atoms with Gasteiger partial charge in [-0.2, -0.15) is 0 Å². The minimum Gasteiger partial charge on any atom is -0.496 e. The van der Waals surface area contributed by atoms with Crippen molar-refractivity contribution < 1.29 is 14.6 Å². The minimum atomic E-state index is -0.261. The first-order valence-electron chi connectivity index (χ1n) is 5.42. The summed E-state index contributed by atoms with van der Waals surface area (Å²) in [7, 11) is 1.58. The Kier molecular flexibility index (Phi) is 3.69. The van der Waals surface area contributed by atoms with E-state index in [2.05, 4.69) is 21.2 Å². The number of hydrogen-bond acceptors (Lipinski definition) is 3. The molecule has 1 aromatic rings. The third kappa shape index (κ3) is 2.79. The SMILES string of the molecule is COc1ccc(C(=O)NC2CC(O)C2)cc1Br. The fraction of sp³-hybridized carbons (Fsp3) is 0.417. The molecule has 2 rings (SSSR count). The van der Waals surface area contributed by atoms with Crippen LogP contribution in [0.3, 0.4) is 0 Å². The van der Waals surface area contributed by atoms with E-state index < -0.39 is 0 Å². The molecule has 0 aromatic heterocycles. The van der Waals surface area contributed by atoms with E-state index in [0.29, 0.717) is 24.2 Å². The second-order valence-corrected chi connectivity index (χ2v) is 5.00. The van der Waals surface area contributed by atoms with E-state index in [-0.39, 0.29) is 18.1 Å². The van der Waals surface area contributed by atoms with Gasteiger partial charge in [0.1, 0.15) is 5.75 Å². The molecule has 0 spiro atoms. The number of halogens is 1. The number of carbonyl (C=O) groups excluding carboxylic acids is 1. The number of amides is 1. The number of carbonyl (C=O) groups is 1. The first kappa shape index (κ1) is 12.4. The lowest BCUT2D eigenvalue weighted by Crippen LogP contribution is -2.46. The molecule has 1 fully saturated rings.